The van der Waals surface area contributed by atoms with Gasteiger partial charge in [0.25, 0.3) is 0 Å². The van der Waals surface area contributed by atoms with Crippen molar-refractivity contribution < 1.29 is 53.4 Å². The third kappa shape index (κ3) is 17.6. The number of carbonyl (C=O) groups excluding carboxylic acids is 8. The maximum atomic E-state index is 14.0. The molecular weight excluding hydrogens is 857 g/mol. The number of rotatable bonds is 27. The Bertz CT molecular complexity index is 1810. The molecule has 1 saturated heterocycles. The number of unbranched alkanes of at least 4 members (excludes halogenated alkanes) is 1. The Hall–Kier alpha value is -5.67. The molecule has 1 aromatic carbocycles. The molecule has 1 aliphatic rings. The molecule has 2 rings (SSSR count). The van der Waals surface area contributed by atoms with Crippen LogP contribution in [0.1, 0.15) is 99.5 Å². The maximum absolute atomic E-state index is 14.0. The van der Waals surface area contributed by atoms with E-state index >= 15 is 0 Å². The van der Waals surface area contributed by atoms with Crippen molar-refractivity contribution in [2.75, 3.05) is 19.6 Å². The second kappa shape index (κ2) is 27.7. The summed E-state index contributed by atoms with van der Waals surface area (Å²) in [6, 6.07) is -0.427. The summed E-state index contributed by atoms with van der Waals surface area (Å²) >= 11 is 0. The molecule has 0 aromatic heterocycles. The van der Waals surface area contributed by atoms with Gasteiger partial charge >= 0.3 is 5.97 Å². The molecule has 0 unspecified atom stereocenters. The number of nitrogens with two attached hydrogens (primary N) is 2. The highest BCUT2D eigenvalue weighted by atomic mass is 16.4. The van der Waals surface area contributed by atoms with Crippen LogP contribution in [0.15, 0.2) is 30.3 Å². The largest absolute Gasteiger partial charge is 0.480 e. The van der Waals surface area contributed by atoms with E-state index in [-0.39, 0.29) is 25.3 Å². The number of nitrogens with zero attached hydrogens (tertiary/aromatic N) is 1. The summed E-state index contributed by atoms with van der Waals surface area (Å²) in [4.78, 5) is 120. The van der Waals surface area contributed by atoms with Gasteiger partial charge in [0.1, 0.15) is 42.3 Å². The molecule has 1 aromatic rings. The monoisotopic (exact) mass is 931 g/mol. The number of nitrogens with one attached hydrogen (secondary N) is 7. The topological polar surface area (TPSA) is 334 Å². The van der Waals surface area contributed by atoms with Gasteiger partial charge < -0.3 is 63.8 Å². The van der Waals surface area contributed by atoms with Crippen LogP contribution in [0.5, 0.6) is 0 Å². The highest BCUT2D eigenvalue weighted by molar-refractivity contribution is 5.97. The quantitative estimate of drug-likeness (QED) is 0.0451. The SMILES string of the molecule is CC[C@H](C)[C@H](NC(=O)CNC(=O)[C@H](C)NC(=O)[C@H](Cc1ccccc1)NC(=O)[C@@H](NC(=O)[C@@H](N)CCCCN)C(C)C)C(=O)N1CCC[C@H]1C(=O)N[C@H](C(=O)N[C@H](C(=O)O)C(C)C)[C@@H](C)O. The number of carbonyl (C=O) groups is 9. The zero-order valence-corrected chi connectivity index (χ0v) is 39.6. The number of aliphatic carboxylic acids is 1. The number of amides is 8. The van der Waals surface area contributed by atoms with Gasteiger partial charge in [0, 0.05) is 13.0 Å². The van der Waals surface area contributed by atoms with E-state index in [2.05, 4.69) is 37.2 Å². The van der Waals surface area contributed by atoms with Crippen LogP contribution < -0.4 is 48.7 Å². The molecule has 0 spiro atoms. The van der Waals surface area contributed by atoms with E-state index in [4.69, 9.17) is 11.5 Å². The molecule has 13 N–H and O–H groups in total. The molecule has 8 amide bonds. The second-order valence-corrected chi connectivity index (χ2v) is 17.7. The van der Waals surface area contributed by atoms with Gasteiger partial charge in [-0.05, 0) is 69.4 Å². The van der Waals surface area contributed by atoms with Crippen LogP contribution in [-0.2, 0) is 49.6 Å². The Balaban J connectivity index is 2.13. The van der Waals surface area contributed by atoms with Crippen LogP contribution in [0.2, 0.25) is 0 Å². The molecule has 1 fully saturated rings. The summed E-state index contributed by atoms with van der Waals surface area (Å²) in [5, 5.41) is 37.8. The number of aliphatic hydroxyl groups excluding tert-OH is 1. The highest BCUT2D eigenvalue weighted by Gasteiger charge is 2.41. The minimum atomic E-state index is -1.52. The van der Waals surface area contributed by atoms with Crippen LogP contribution in [0, 0.1) is 17.8 Å². The van der Waals surface area contributed by atoms with E-state index in [1.54, 1.807) is 71.9 Å². The molecular formula is C45H74N10O11. The number of aliphatic hydroxyl groups is 1. The van der Waals surface area contributed by atoms with Crippen molar-refractivity contribution in [3.05, 3.63) is 35.9 Å². The zero-order chi connectivity index (χ0) is 49.8. The maximum Gasteiger partial charge on any atom is 0.326 e. The minimum absolute atomic E-state index is 0.0407. The van der Waals surface area contributed by atoms with Crippen LogP contribution in [0.3, 0.4) is 0 Å². The molecule has 1 aliphatic heterocycles. The first-order valence-electron chi connectivity index (χ1n) is 22.8. The Morgan fingerprint density at radius 3 is 1.89 bits per heavy atom. The smallest absolute Gasteiger partial charge is 0.326 e. The van der Waals surface area contributed by atoms with Crippen molar-refractivity contribution in [3.8, 4) is 0 Å². The summed E-state index contributed by atoms with van der Waals surface area (Å²) in [5.41, 5.74) is 12.3. The molecule has 66 heavy (non-hydrogen) atoms. The van der Waals surface area contributed by atoms with Crippen LogP contribution >= 0.6 is 0 Å². The van der Waals surface area contributed by atoms with Crippen molar-refractivity contribution in [1.82, 2.24) is 42.1 Å². The van der Waals surface area contributed by atoms with E-state index in [9.17, 15) is 53.4 Å². The van der Waals surface area contributed by atoms with Gasteiger partial charge in [0.2, 0.25) is 47.3 Å². The van der Waals surface area contributed by atoms with E-state index in [1.165, 1.54) is 18.7 Å². The minimum Gasteiger partial charge on any atom is -0.480 e. The third-order valence-corrected chi connectivity index (χ3v) is 11.6. The Kier molecular flexibility index (Phi) is 23.7. The van der Waals surface area contributed by atoms with Gasteiger partial charge in [-0.2, -0.15) is 0 Å². The molecule has 0 aliphatic carbocycles. The van der Waals surface area contributed by atoms with E-state index in [0.29, 0.717) is 44.2 Å². The molecule has 0 radical (unpaired) electrons. The van der Waals surface area contributed by atoms with Crippen molar-refractivity contribution in [1.29, 1.82) is 0 Å². The van der Waals surface area contributed by atoms with Gasteiger partial charge in [-0.25, -0.2) is 4.79 Å². The van der Waals surface area contributed by atoms with Gasteiger partial charge in [0.05, 0.1) is 18.7 Å². The average Bonchev–Trinajstić information content (AvgIpc) is 3.77. The first-order chi connectivity index (χ1) is 31.0. The van der Waals surface area contributed by atoms with Crippen LogP contribution in [0.4, 0.5) is 0 Å². The first-order valence-corrected chi connectivity index (χ1v) is 22.8. The highest BCUT2D eigenvalue weighted by Crippen LogP contribution is 2.22. The lowest BCUT2D eigenvalue weighted by Crippen LogP contribution is -2.61. The third-order valence-electron chi connectivity index (χ3n) is 11.6. The van der Waals surface area contributed by atoms with Crippen molar-refractivity contribution in [2.45, 2.75) is 155 Å². The van der Waals surface area contributed by atoms with Gasteiger partial charge in [-0.15, -0.1) is 0 Å². The predicted molar refractivity (Wildman–Crippen MR) is 244 cm³/mol. The molecule has 370 valence electrons. The van der Waals surface area contributed by atoms with Crippen molar-refractivity contribution in [2.24, 2.45) is 29.2 Å². The molecule has 21 heteroatoms. The fourth-order valence-corrected chi connectivity index (χ4v) is 7.26. The lowest BCUT2D eigenvalue weighted by molar-refractivity contribution is -0.145. The lowest BCUT2D eigenvalue weighted by Gasteiger charge is -2.32. The summed E-state index contributed by atoms with van der Waals surface area (Å²) in [5.74, 6) is -8.19. The standard InChI is InChI=1S/C45H74N10O11/c1-9-26(6)36(44(64)55-21-15-19-32(55)41(61)54-37(28(8)56)43(63)53-35(25(4)5)45(65)66)51-33(57)23-48-38(58)27(7)49-40(60)31(22-29-16-11-10-12-17-29)50-42(62)34(24(2)3)52-39(59)30(47)18-13-14-20-46/h10-12,16-17,24-28,30-32,34-37,56H,9,13-15,18-23,46-47H2,1-8H3,(H,48,58)(H,49,60)(H,50,62)(H,51,57)(H,52,59)(H,53,63)(H,54,61)(H,65,66)/t26-,27-,28+,30-,31-,32-,34-,35-,36-,37-/m0/s1. The Labute approximate surface area is 387 Å². The summed E-state index contributed by atoms with van der Waals surface area (Å²) in [7, 11) is 0. The van der Waals surface area contributed by atoms with Gasteiger partial charge in [-0.3, -0.25) is 38.4 Å². The Morgan fingerprint density at radius 1 is 0.727 bits per heavy atom. The van der Waals surface area contributed by atoms with Gasteiger partial charge in [0.15, 0.2) is 0 Å². The Morgan fingerprint density at radius 2 is 1.33 bits per heavy atom. The molecule has 21 nitrogen and oxygen atoms in total. The predicted octanol–water partition coefficient (Wildman–Crippen LogP) is -1.46. The number of hydrogen-bond donors (Lipinski definition) is 11. The zero-order valence-electron chi connectivity index (χ0n) is 39.6. The van der Waals surface area contributed by atoms with Gasteiger partial charge in [-0.1, -0.05) is 84.7 Å². The van der Waals surface area contributed by atoms with E-state index in [0.717, 1.165) is 0 Å². The van der Waals surface area contributed by atoms with Crippen molar-refractivity contribution in [3.63, 3.8) is 0 Å². The van der Waals surface area contributed by atoms with Crippen LogP contribution in [0.25, 0.3) is 0 Å². The summed E-state index contributed by atoms with van der Waals surface area (Å²) in [6.07, 6.45) is 1.40. The summed E-state index contributed by atoms with van der Waals surface area (Å²) in [6.45, 7) is 12.8. The van der Waals surface area contributed by atoms with Crippen LogP contribution in [-0.4, -0.2) is 142 Å². The molecule has 1 heterocycles. The molecule has 0 bridgehead atoms. The second-order valence-electron chi connectivity index (χ2n) is 17.7. The number of benzene rings is 1. The first kappa shape index (κ1) is 56.5. The molecule has 0 saturated carbocycles. The fourth-order valence-electron chi connectivity index (χ4n) is 7.26. The van der Waals surface area contributed by atoms with E-state index in [1.807, 2.05) is 0 Å². The lowest BCUT2D eigenvalue weighted by atomic mass is 9.97. The number of carboxylic acids is 1. The van der Waals surface area contributed by atoms with Crippen molar-refractivity contribution >= 4 is 53.2 Å². The average molecular weight is 931 g/mol. The molecule has 10 atom stereocenters. The number of carboxylic acid groups (broad SMARTS) is 1. The number of likely N-dealkylation sites (tertiary alicyclic amines) is 1. The van der Waals surface area contributed by atoms with E-state index < -0.39 is 126 Å². The normalized spacial score (nSPS) is 17.7. The fraction of sp³-hybridized carbons (Fsp3) is 0.667. The summed E-state index contributed by atoms with van der Waals surface area (Å²) < 4.78 is 0. The number of hydrogen-bond acceptors (Lipinski definition) is 12.